The largest absolute Gasteiger partial charge is 0.591 e. The van der Waals surface area contributed by atoms with Crippen LogP contribution in [0.4, 0.5) is 5.69 Å². The number of carbonyl (C=O) groups excluding carboxylic acids is 1. The number of methoxy groups -OCH3 is 1. The molecule has 0 amide bonds. The maximum Gasteiger partial charge on any atom is 0.337 e. The first kappa shape index (κ1) is 27.4. The van der Waals surface area contributed by atoms with Crippen LogP contribution in [-0.4, -0.2) is 48.3 Å². The van der Waals surface area contributed by atoms with E-state index in [4.69, 9.17) is 21.1 Å². The van der Waals surface area contributed by atoms with Crippen LogP contribution in [0.25, 0.3) is 0 Å². The van der Waals surface area contributed by atoms with Crippen molar-refractivity contribution in [1.29, 1.82) is 0 Å². The van der Waals surface area contributed by atoms with Crippen molar-refractivity contribution in [3.05, 3.63) is 58.1 Å². The number of hydrogen-bond acceptors (Lipinski definition) is 6. The molecule has 1 saturated carbocycles. The van der Waals surface area contributed by atoms with Crippen LogP contribution >= 0.6 is 11.6 Å². The van der Waals surface area contributed by atoms with Crippen molar-refractivity contribution in [2.75, 3.05) is 31.7 Å². The Labute approximate surface area is 234 Å². The third-order valence-corrected chi connectivity index (χ3v) is 9.86. The van der Waals surface area contributed by atoms with Gasteiger partial charge in [-0.15, -0.1) is 0 Å². The molecule has 0 aromatic heterocycles. The highest BCUT2D eigenvalue weighted by Gasteiger charge is 2.43. The molecule has 3 aliphatic rings. The van der Waals surface area contributed by atoms with Gasteiger partial charge in [-0.2, -0.15) is 0 Å². The van der Waals surface area contributed by atoms with Crippen molar-refractivity contribution < 1.29 is 18.8 Å². The standard InChI is InChI=1S/C30H37ClN2O4S/c1-29(2,3)38(35)32-16-22-7-8-23(22)17-33-18-30(13-5-6-20-14-24(31)10-11-25(20)30)19-37-27-12-9-21(15-26(27)33)28(34)36-4/h9-12,14-16,22-23H,5-8,13,17-19H2,1-4H3/b32-16+/t22-,23-,30?,38?/m0/s1. The van der Waals surface area contributed by atoms with E-state index in [1.54, 1.807) is 6.07 Å². The first-order valence-corrected chi connectivity index (χ1v) is 14.9. The lowest BCUT2D eigenvalue weighted by molar-refractivity contribution is 0.0600. The zero-order valence-electron chi connectivity index (χ0n) is 22.7. The van der Waals surface area contributed by atoms with E-state index in [0.29, 0.717) is 18.1 Å². The predicted octanol–water partition coefficient (Wildman–Crippen LogP) is 6.16. The van der Waals surface area contributed by atoms with Crippen LogP contribution in [0.3, 0.4) is 0 Å². The van der Waals surface area contributed by atoms with Gasteiger partial charge in [0, 0.05) is 29.4 Å². The number of carbonyl (C=O) groups is 1. The molecule has 1 spiro atoms. The summed E-state index contributed by atoms with van der Waals surface area (Å²) < 4.78 is 28.1. The summed E-state index contributed by atoms with van der Waals surface area (Å²) in [5.74, 6) is 1.09. The molecule has 2 aromatic carbocycles. The summed E-state index contributed by atoms with van der Waals surface area (Å²) in [5.41, 5.74) is 3.87. The lowest BCUT2D eigenvalue weighted by Gasteiger charge is -2.43. The third kappa shape index (κ3) is 5.43. The number of anilines is 1. The molecule has 0 radical (unpaired) electrons. The highest BCUT2D eigenvalue weighted by molar-refractivity contribution is 7.91. The van der Waals surface area contributed by atoms with Gasteiger partial charge in [0.1, 0.15) is 21.9 Å². The highest BCUT2D eigenvalue weighted by atomic mass is 35.5. The summed E-state index contributed by atoms with van der Waals surface area (Å²) in [6.45, 7) is 8.00. The number of benzene rings is 2. The maximum atomic E-state index is 12.5. The fraction of sp³-hybridized carbons (Fsp3) is 0.533. The SMILES string of the molecule is COC(=O)c1ccc2c(c1)N(C[C@@H]1CC[C@H]1/C=N/[S+]([O-])C(C)(C)C)CC1(CCCc3cc(Cl)ccc31)CO2. The average Bonchev–Trinajstić information content (AvgIpc) is 3.02. The average molecular weight is 557 g/mol. The van der Waals surface area contributed by atoms with Gasteiger partial charge in [-0.1, -0.05) is 22.1 Å². The number of ether oxygens (including phenoxy) is 2. The summed E-state index contributed by atoms with van der Waals surface area (Å²) in [7, 11) is 1.40. The van der Waals surface area contributed by atoms with Gasteiger partial charge < -0.3 is 18.9 Å². The van der Waals surface area contributed by atoms with E-state index >= 15 is 0 Å². The van der Waals surface area contributed by atoms with Crippen LogP contribution in [-0.2, 0) is 27.9 Å². The number of hydrogen-bond donors (Lipinski definition) is 0. The van der Waals surface area contributed by atoms with E-state index in [1.807, 2.05) is 45.2 Å². The lowest BCUT2D eigenvalue weighted by Crippen LogP contribution is -2.48. The molecule has 1 fully saturated rings. The molecule has 38 heavy (non-hydrogen) atoms. The van der Waals surface area contributed by atoms with Gasteiger partial charge in [-0.25, -0.2) is 4.79 Å². The van der Waals surface area contributed by atoms with Crippen molar-refractivity contribution in [3.63, 3.8) is 0 Å². The van der Waals surface area contributed by atoms with Crippen LogP contribution in [0, 0.1) is 11.8 Å². The summed E-state index contributed by atoms with van der Waals surface area (Å²) in [6, 6.07) is 11.8. The second kappa shape index (κ2) is 10.7. The fourth-order valence-electron chi connectivity index (χ4n) is 5.95. The van der Waals surface area contributed by atoms with Crippen LogP contribution in [0.15, 0.2) is 40.8 Å². The number of aryl methyl sites for hydroxylation is 1. The first-order chi connectivity index (χ1) is 18.1. The number of rotatable bonds is 5. The normalized spacial score (nSPS) is 25.7. The Bertz CT molecular complexity index is 1230. The van der Waals surface area contributed by atoms with Gasteiger partial charge in [0.15, 0.2) is 0 Å². The molecule has 204 valence electrons. The Morgan fingerprint density at radius 3 is 2.82 bits per heavy atom. The maximum absolute atomic E-state index is 12.5. The molecule has 0 bridgehead atoms. The van der Waals surface area contributed by atoms with E-state index in [2.05, 4.69) is 21.4 Å². The van der Waals surface area contributed by atoms with E-state index in [9.17, 15) is 9.35 Å². The zero-order valence-corrected chi connectivity index (χ0v) is 24.2. The minimum absolute atomic E-state index is 0.177. The topological polar surface area (TPSA) is 74.2 Å². The minimum atomic E-state index is -1.26. The Morgan fingerprint density at radius 1 is 1.29 bits per heavy atom. The highest BCUT2D eigenvalue weighted by Crippen LogP contribution is 2.46. The molecule has 1 heterocycles. The molecule has 1 aliphatic heterocycles. The fourth-order valence-corrected chi connectivity index (χ4v) is 6.73. The Balaban J connectivity index is 1.48. The Kier molecular flexibility index (Phi) is 7.73. The predicted molar refractivity (Wildman–Crippen MR) is 154 cm³/mol. The van der Waals surface area contributed by atoms with E-state index in [1.165, 1.54) is 18.2 Å². The van der Waals surface area contributed by atoms with Crippen LogP contribution in [0.5, 0.6) is 5.75 Å². The second-order valence-electron chi connectivity index (χ2n) is 11.9. The summed E-state index contributed by atoms with van der Waals surface area (Å²) >= 11 is 5.11. The van der Waals surface area contributed by atoms with Crippen LogP contribution in [0.2, 0.25) is 5.02 Å². The molecule has 2 aromatic rings. The van der Waals surface area contributed by atoms with Gasteiger partial charge >= 0.3 is 5.97 Å². The van der Waals surface area contributed by atoms with Crippen molar-refractivity contribution >= 4 is 40.8 Å². The monoisotopic (exact) mass is 556 g/mol. The molecule has 8 heteroatoms. The van der Waals surface area contributed by atoms with Crippen molar-refractivity contribution in [2.45, 2.75) is 63.0 Å². The quantitative estimate of drug-likeness (QED) is 0.250. The number of esters is 1. The van der Waals surface area contributed by atoms with Gasteiger partial charge in [0.05, 0.1) is 31.2 Å². The molecular weight excluding hydrogens is 520 g/mol. The van der Waals surface area contributed by atoms with E-state index in [-0.39, 0.29) is 22.0 Å². The van der Waals surface area contributed by atoms with Gasteiger partial charge in [-0.05, 0) is 100 Å². The molecule has 4 atom stereocenters. The van der Waals surface area contributed by atoms with Crippen molar-refractivity contribution in [2.24, 2.45) is 16.2 Å². The number of halogens is 1. The Morgan fingerprint density at radius 2 is 2.11 bits per heavy atom. The van der Waals surface area contributed by atoms with E-state index < -0.39 is 11.4 Å². The lowest BCUT2D eigenvalue weighted by atomic mass is 9.69. The summed E-state index contributed by atoms with van der Waals surface area (Å²) in [6.07, 6.45) is 7.16. The molecule has 2 unspecified atom stereocenters. The number of nitrogens with zero attached hydrogens (tertiary/aromatic N) is 2. The molecular formula is C30H37ClN2O4S. The van der Waals surface area contributed by atoms with Crippen LogP contribution in [0.1, 0.15) is 67.9 Å². The zero-order chi connectivity index (χ0) is 27.1. The molecule has 0 N–H and O–H groups in total. The van der Waals surface area contributed by atoms with Gasteiger partial charge in [-0.3, -0.25) is 0 Å². The third-order valence-electron chi connectivity index (χ3n) is 8.26. The molecule has 2 aliphatic carbocycles. The molecule has 5 rings (SSSR count). The van der Waals surface area contributed by atoms with Crippen LogP contribution < -0.4 is 9.64 Å². The molecule has 0 saturated heterocycles. The van der Waals surface area contributed by atoms with E-state index in [0.717, 1.165) is 61.7 Å². The smallest absolute Gasteiger partial charge is 0.337 e. The molecule has 6 nitrogen and oxygen atoms in total. The minimum Gasteiger partial charge on any atom is -0.591 e. The van der Waals surface area contributed by atoms with Gasteiger partial charge in [0.25, 0.3) is 0 Å². The van der Waals surface area contributed by atoms with Crippen molar-refractivity contribution in [1.82, 2.24) is 0 Å². The Hall–Kier alpha value is -2.22. The van der Waals surface area contributed by atoms with Gasteiger partial charge in [0.2, 0.25) is 0 Å². The second-order valence-corrected chi connectivity index (χ2v) is 14.3. The first-order valence-electron chi connectivity index (χ1n) is 13.4. The van der Waals surface area contributed by atoms with Crippen molar-refractivity contribution in [3.8, 4) is 5.75 Å². The number of fused-ring (bicyclic) bond motifs is 3. The summed E-state index contributed by atoms with van der Waals surface area (Å²) in [5, 5.41) is 0.766. The summed E-state index contributed by atoms with van der Waals surface area (Å²) in [4.78, 5) is 14.8.